The van der Waals surface area contributed by atoms with E-state index in [0.29, 0.717) is 23.9 Å². The van der Waals surface area contributed by atoms with Gasteiger partial charge in [0, 0.05) is 12.8 Å². The summed E-state index contributed by atoms with van der Waals surface area (Å²) in [5.41, 5.74) is 0. The zero-order valence-corrected chi connectivity index (χ0v) is 41.0. The number of allylic oxidation sites excluding steroid dienone is 8. The Balaban J connectivity index is 4.30. The van der Waals surface area contributed by atoms with Gasteiger partial charge in [-0.1, -0.05) is 197 Å². The van der Waals surface area contributed by atoms with Crippen LogP contribution in [-0.4, -0.2) is 70.0 Å². The van der Waals surface area contributed by atoms with Gasteiger partial charge in [-0.2, -0.15) is 0 Å². The molecule has 0 bridgehead atoms. The normalized spacial score (nSPS) is 13.9. The maximum Gasteiger partial charge on any atom is 0.306 e. The first-order valence-electron chi connectivity index (χ1n) is 24.8. The number of carbonyl (C=O) groups excluding carboxylic acids is 2. The molecular formula is C51H94NO8P. The van der Waals surface area contributed by atoms with Crippen molar-refractivity contribution in [3.05, 3.63) is 48.6 Å². The van der Waals surface area contributed by atoms with Gasteiger partial charge in [0.2, 0.25) is 0 Å². The van der Waals surface area contributed by atoms with E-state index in [4.69, 9.17) is 18.5 Å². The molecule has 0 aromatic heterocycles. The highest BCUT2D eigenvalue weighted by molar-refractivity contribution is 7.45. The summed E-state index contributed by atoms with van der Waals surface area (Å²) in [4.78, 5) is 37.7. The maximum absolute atomic E-state index is 12.7. The average Bonchev–Trinajstić information content (AvgIpc) is 3.21. The predicted octanol–water partition coefficient (Wildman–Crippen LogP) is 14.0. The highest BCUT2D eigenvalue weighted by atomic mass is 31.2. The number of carbonyl (C=O) groups is 2. The maximum atomic E-state index is 12.7. The second-order valence-electron chi connectivity index (χ2n) is 17.8. The quantitative estimate of drug-likeness (QED) is 0.0195. The first-order chi connectivity index (χ1) is 29.5. The summed E-state index contributed by atoms with van der Waals surface area (Å²) in [7, 11) is 1.15. The van der Waals surface area contributed by atoms with Crippen LogP contribution in [0.2, 0.25) is 0 Å². The molecule has 0 aliphatic rings. The van der Waals surface area contributed by atoms with Crippen molar-refractivity contribution in [1.29, 1.82) is 0 Å². The van der Waals surface area contributed by atoms with Gasteiger partial charge in [-0.25, -0.2) is 0 Å². The van der Waals surface area contributed by atoms with E-state index in [-0.39, 0.29) is 26.1 Å². The number of phosphoric ester groups is 1. The van der Waals surface area contributed by atoms with E-state index >= 15 is 0 Å². The van der Waals surface area contributed by atoms with Gasteiger partial charge < -0.3 is 27.9 Å². The van der Waals surface area contributed by atoms with Gasteiger partial charge in [-0.15, -0.1) is 0 Å². The molecule has 0 aromatic rings. The number of rotatable bonds is 45. The molecule has 61 heavy (non-hydrogen) atoms. The van der Waals surface area contributed by atoms with Gasteiger partial charge >= 0.3 is 11.9 Å². The number of quaternary nitrogens is 1. The monoisotopic (exact) mass is 880 g/mol. The Bertz CT molecular complexity index is 1180. The summed E-state index contributed by atoms with van der Waals surface area (Å²) in [6.45, 7) is 4.15. The van der Waals surface area contributed by atoms with Gasteiger partial charge in [-0.05, 0) is 51.4 Å². The highest BCUT2D eigenvalue weighted by Crippen LogP contribution is 2.38. The summed E-state index contributed by atoms with van der Waals surface area (Å²) in [5.74, 6) is -0.865. The Morgan fingerprint density at radius 2 is 0.918 bits per heavy atom. The molecule has 0 heterocycles. The van der Waals surface area contributed by atoms with Crippen LogP contribution in [0.15, 0.2) is 48.6 Å². The molecule has 0 aliphatic heterocycles. The van der Waals surface area contributed by atoms with Crippen LogP contribution in [0.5, 0.6) is 0 Å². The van der Waals surface area contributed by atoms with Crippen molar-refractivity contribution < 1.29 is 42.1 Å². The topological polar surface area (TPSA) is 111 Å². The van der Waals surface area contributed by atoms with Crippen molar-refractivity contribution >= 4 is 19.8 Å². The largest absolute Gasteiger partial charge is 0.756 e. The lowest BCUT2D eigenvalue weighted by molar-refractivity contribution is -0.870. The molecule has 0 rings (SSSR count). The molecule has 0 fully saturated rings. The summed E-state index contributed by atoms with van der Waals surface area (Å²) in [5, 5.41) is 0. The van der Waals surface area contributed by atoms with Crippen LogP contribution in [0.1, 0.15) is 213 Å². The average molecular weight is 880 g/mol. The van der Waals surface area contributed by atoms with Crippen LogP contribution in [0.3, 0.4) is 0 Å². The molecule has 0 radical (unpaired) electrons. The molecule has 0 spiro atoms. The fourth-order valence-electron chi connectivity index (χ4n) is 6.71. The molecule has 0 saturated heterocycles. The van der Waals surface area contributed by atoms with Gasteiger partial charge in [0.15, 0.2) is 6.10 Å². The Hall–Kier alpha value is -2.03. The smallest absolute Gasteiger partial charge is 0.306 e. The van der Waals surface area contributed by atoms with Crippen molar-refractivity contribution in [3.8, 4) is 0 Å². The van der Waals surface area contributed by atoms with Crippen molar-refractivity contribution in [2.45, 2.75) is 219 Å². The zero-order valence-electron chi connectivity index (χ0n) is 40.1. The SMILES string of the molecule is CCC/C=C/C/C=C/C/C=C/C/C=C/CCCCCC(=O)OC[C@H](COP(=O)([O-])OCC[N+](C)(C)C)OC(=O)CCCCCCCCCCCCCCCCCCCCCC. The third kappa shape index (κ3) is 47.3. The lowest BCUT2D eigenvalue weighted by atomic mass is 10.0. The molecule has 0 N–H and O–H groups in total. The summed E-state index contributed by atoms with van der Waals surface area (Å²) >= 11 is 0. The molecule has 0 aromatic carbocycles. The Morgan fingerprint density at radius 1 is 0.508 bits per heavy atom. The van der Waals surface area contributed by atoms with E-state index in [9.17, 15) is 19.0 Å². The van der Waals surface area contributed by atoms with Crippen molar-refractivity contribution in [3.63, 3.8) is 0 Å². The van der Waals surface area contributed by atoms with Gasteiger partial charge in [0.05, 0.1) is 27.7 Å². The van der Waals surface area contributed by atoms with E-state index in [1.807, 2.05) is 21.1 Å². The Morgan fingerprint density at radius 3 is 1.38 bits per heavy atom. The summed E-state index contributed by atoms with van der Waals surface area (Å²) in [6, 6.07) is 0. The van der Waals surface area contributed by atoms with E-state index in [0.717, 1.165) is 64.2 Å². The fourth-order valence-corrected chi connectivity index (χ4v) is 7.43. The third-order valence-electron chi connectivity index (χ3n) is 10.6. The Labute approximate surface area is 375 Å². The standard InChI is InChI=1S/C51H94NO8P/c1-6-8-10-12-14-16-18-20-22-24-25-26-28-30-32-34-36-38-40-42-44-51(54)60-49(48-59-61(55,56)58-46-45-52(3,4)5)47-57-50(53)43-41-39-37-35-33-31-29-27-23-21-19-17-15-13-11-9-7-2/h11,13,17,19,23,27,31,33,49H,6-10,12,14-16,18,20-22,24-26,28-30,32,34-48H2,1-5H3/b13-11+,19-17+,27-23+,33-31+/t49-/m1/s1. The second-order valence-corrected chi connectivity index (χ2v) is 19.2. The zero-order chi connectivity index (χ0) is 45.0. The third-order valence-corrected chi connectivity index (χ3v) is 11.5. The highest BCUT2D eigenvalue weighted by Gasteiger charge is 2.21. The van der Waals surface area contributed by atoms with Crippen LogP contribution < -0.4 is 4.89 Å². The molecule has 356 valence electrons. The molecule has 1 unspecified atom stereocenters. The number of hydrogen-bond acceptors (Lipinski definition) is 8. The first kappa shape index (κ1) is 59.0. The van der Waals surface area contributed by atoms with E-state index in [1.54, 1.807) is 0 Å². The number of unbranched alkanes of at least 4 members (excludes halogenated alkanes) is 23. The molecule has 0 saturated carbocycles. The molecule has 2 atom stereocenters. The van der Waals surface area contributed by atoms with E-state index in [2.05, 4.69) is 62.5 Å². The fraction of sp³-hybridized carbons (Fsp3) is 0.804. The van der Waals surface area contributed by atoms with Crippen molar-refractivity contribution in [2.24, 2.45) is 0 Å². The van der Waals surface area contributed by atoms with Crippen molar-refractivity contribution in [1.82, 2.24) is 0 Å². The predicted molar refractivity (Wildman–Crippen MR) is 254 cm³/mol. The second kappa shape index (κ2) is 43.2. The van der Waals surface area contributed by atoms with Gasteiger partial charge in [0.25, 0.3) is 7.82 Å². The number of esters is 2. The summed E-state index contributed by atoms with van der Waals surface area (Å²) in [6.07, 6.45) is 51.4. The number of hydrogen-bond donors (Lipinski definition) is 0. The van der Waals surface area contributed by atoms with Gasteiger partial charge in [-0.3, -0.25) is 14.2 Å². The van der Waals surface area contributed by atoms with Crippen LogP contribution in [0, 0.1) is 0 Å². The molecule has 10 heteroatoms. The lowest BCUT2D eigenvalue weighted by Gasteiger charge is -2.28. The van der Waals surface area contributed by atoms with Crippen LogP contribution in [0.4, 0.5) is 0 Å². The van der Waals surface area contributed by atoms with Gasteiger partial charge in [0.1, 0.15) is 19.8 Å². The first-order valence-corrected chi connectivity index (χ1v) is 26.3. The number of phosphoric acid groups is 1. The Kier molecular flexibility index (Phi) is 41.8. The van der Waals surface area contributed by atoms with E-state index in [1.165, 1.54) is 109 Å². The van der Waals surface area contributed by atoms with Crippen LogP contribution in [0.25, 0.3) is 0 Å². The molecular weight excluding hydrogens is 786 g/mol. The molecule has 9 nitrogen and oxygen atoms in total. The summed E-state index contributed by atoms with van der Waals surface area (Å²) < 4.78 is 34.0. The number of likely N-dealkylation sites (N-methyl/N-ethyl adjacent to an activating group) is 1. The molecule has 0 aliphatic carbocycles. The minimum Gasteiger partial charge on any atom is -0.756 e. The lowest BCUT2D eigenvalue weighted by Crippen LogP contribution is -2.37. The van der Waals surface area contributed by atoms with E-state index < -0.39 is 32.5 Å². The number of ether oxygens (including phenoxy) is 2. The minimum absolute atomic E-state index is 0.0362. The number of nitrogens with zero attached hydrogens (tertiary/aromatic N) is 1. The minimum atomic E-state index is -4.64. The van der Waals surface area contributed by atoms with Crippen LogP contribution in [-0.2, 0) is 32.7 Å². The van der Waals surface area contributed by atoms with Crippen LogP contribution >= 0.6 is 7.82 Å². The van der Waals surface area contributed by atoms with Crippen molar-refractivity contribution in [2.75, 3.05) is 47.5 Å². The molecule has 0 amide bonds.